The van der Waals surface area contributed by atoms with Crippen LogP contribution in [0.3, 0.4) is 0 Å². The largest absolute Gasteiger partial charge is 0.477 e. The van der Waals surface area contributed by atoms with Crippen molar-refractivity contribution < 1.29 is 19.4 Å². The van der Waals surface area contributed by atoms with Crippen molar-refractivity contribution in [3.8, 4) is 0 Å². The maximum absolute atomic E-state index is 11.8. The zero-order valence-electron chi connectivity index (χ0n) is 9.31. The molecule has 2 unspecified atom stereocenters. The highest BCUT2D eigenvalue weighted by Gasteiger charge is 2.63. The summed E-state index contributed by atoms with van der Waals surface area (Å²) in [4.78, 5) is 24.2. The molecule has 0 radical (unpaired) electrons. The molecule has 0 aromatic heterocycles. The second kappa shape index (κ2) is 3.49. The number of fused-ring (bicyclic) bond motifs is 1. The van der Waals surface area contributed by atoms with E-state index in [1.54, 1.807) is 13.8 Å². The first-order valence-corrected chi connectivity index (χ1v) is 5.90. The number of nitrogens with zero attached hydrogens (tertiary/aromatic N) is 1. The van der Waals surface area contributed by atoms with Crippen molar-refractivity contribution in [3.63, 3.8) is 0 Å². The van der Waals surface area contributed by atoms with Crippen LogP contribution in [0.1, 0.15) is 13.8 Å². The number of ether oxygens (including phenoxy) is 1. The standard InChI is InChI=1S/C10H13NO4S/c1-5-4-16-10(15-3)6(2)8(12)11(10)7(5)9(13)14/h6H,4H2,1-3H3,(H,13,14). The molecule has 0 aromatic carbocycles. The van der Waals surface area contributed by atoms with Gasteiger partial charge in [-0.3, -0.25) is 9.69 Å². The zero-order valence-corrected chi connectivity index (χ0v) is 10.1. The van der Waals surface area contributed by atoms with Gasteiger partial charge in [-0.2, -0.15) is 0 Å². The van der Waals surface area contributed by atoms with Crippen LogP contribution >= 0.6 is 11.8 Å². The average molecular weight is 243 g/mol. The molecule has 1 fully saturated rings. The normalized spacial score (nSPS) is 33.6. The van der Waals surface area contributed by atoms with Crippen molar-refractivity contribution >= 4 is 23.6 Å². The van der Waals surface area contributed by atoms with Crippen LogP contribution in [-0.2, 0) is 14.3 Å². The lowest BCUT2D eigenvalue weighted by Crippen LogP contribution is -2.70. The van der Waals surface area contributed by atoms with Crippen LogP contribution in [0.5, 0.6) is 0 Å². The van der Waals surface area contributed by atoms with E-state index in [1.165, 1.54) is 23.8 Å². The average Bonchev–Trinajstić information content (AvgIpc) is 2.27. The van der Waals surface area contributed by atoms with E-state index in [9.17, 15) is 9.59 Å². The molecule has 0 aliphatic carbocycles. The maximum atomic E-state index is 11.8. The van der Waals surface area contributed by atoms with Crippen LogP contribution in [0, 0.1) is 5.92 Å². The summed E-state index contributed by atoms with van der Waals surface area (Å²) in [6.45, 7) is 3.49. The Balaban J connectivity index is 2.48. The molecule has 5 nitrogen and oxygen atoms in total. The van der Waals surface area contributed by atoms with Crippen LogP contribution in [0.15, 0.2) is 11.3 Å². The predicted octanol–water partition coefficient (Wildman–Crippen LogP) is 0.870. The molecule has 1 saturated heterocycles. The Labute approximate surface area is 97.4 Å². The number of carboxylic acids is 1. The molecule has 88 valence electrons. The Morgan fingerprint density at radius 1 is 1.69 bits per heavy atom. The summed E-state index contributed by atoms with van der Waals surface area (Å²) in [5.74, 6) is -0.987. The number of thioether (sulfide) groups is 1. The fourth-order valence-electron chi connectivity index (χ4n) is 2.16. The van der Waals surface area contributed by atoms with Crippen molar-refractivity contribution in [2.24, 2.45) is 5.92 Å². The van der Waals surface area contributed by atoms with Gasteiger partial charge in [0.1, 0.15) is 5.70 Å². The Kier molecular flexibility index (Phi) is 2.51. The van der Waals surface area contributed by atoms with E-state index in [2.05, 4.69) is 0 Å². The zero-order chi connectivity index (χ0) is 12.1. The van der Waals surface area contributed by atoms with Gasteiger partial charge in [0.15, 0.2) is 0 Å². The van der Waals surface area contributed by atoms with Gasteiger partial charge in [0, 0.05) is 12.9 Å². The Hall–Kier alpha value is -1.01. The van der Waals surface area contributed by atoms with Crippen LogP contribution in [0.25, 0.3) is 0 Å². The highest BCUT2D eigenvalue weighted by molar-refractivity contribution is 8.00. The van der Waals surface area contributed by atoms with E-state index < -0.39 is 11.0 Å². The molecule has 1 amide bonds. The lowest BCUT2D eigenvalue weighted by atomic mass is 9.94. The summed E-state index contributed by atoms with van der Waals surface area (Å²) in [7, 11) is 1.50. The summed E-state index contributed by atoms with van der Waals surface area (Å²) in [5.41, 5.74) is 0.772. The molecule has 0 saturated carbocycles. The number of β-lactam (4-membered cyclic amide) rings is 1. The van der Waals surface area contributed by atoms with Gasteiger partial charge in [0.05, 0.1) is 5.92 Å². The molecule has 2 aliphatic heterocycles. The molecule has 2 rings (SSSR count). The number of aliphatic carboxylic acids is 1. The number of carbonyl (C=O) groups excluding carboxylic acids is 1. The van der Waals surface area contributed by atoms with Gasteiger partial charge in [-0.25, -0.2) is 4.79 Å². The second-order valence-corrected chi connectivity index (χ2v) is 5.12. The number of carboxylic acid groups (broad SMARTS) is 1. The van der Waals surface area contributed by atoms with Crippen molar-refractivity contribution in [1.82, 2.24) is 4.90 Å². The van der Waals surface area contributed by atoms with E-state index in [4.69, 9.17) is 9.84 Å². The number of methoxy groups -OCH3 is 1. The highest BCUT2D eigenvalue weighted by Crippen LogP contribution is 2.52. The topological polar surface area (TPSA) is 66.8 Å². The Bertz CT molecular complexity index is 406. The van der Waals surface area contributed by atoms with E-state index in [0.717, 1.165) is 0 Å². The highest BCUT2D eigenvalue weighted by atomic mass is 32.2. The van der Waals surface area contributed by atoms with Gasteiger partial charge in [0.2, 0.25) is 11.0 Å². The molecule has 2 atom stereocenters. The summed E-state index contributed by atoms with van der Waals surface area (Å²) in [5, 5.41) is 8.31. The number of hydrogen-bond acceptors (Lipinski definition) is 4. The second-order valence-electron chi connectivity index (χ2n) is 3.95. The Morgan fingerprint density at radius 2 is 2.31 bits per heavy atom. The van der Waals surface area contributed by atoms with Crippen LogP contribution in [0.4, 0.5) is 0 Å². The van der Waals surface area contributed by atoms with Crippen LogP contribution in [-0.4, -0.2) is 39.8 Å². The van der Waals surface area contributed by atoms with E-state index in [1.807, 2.05) is 0 Å². The first kappa shape index (κ1) is 11.5. The smallest absolute Gasteiger partial charge is 0.352 e. The third-order valence-corrected chi connectivity index (χ3v) is 4.76. The summed E-state index contributed by atoms with van der Waals surface area (Å²) in [6, 6.07) is 0. The minimum Gasteiger partial charge on any atom is -0.477 e. The minimum absolute atomic E-state index is 0.0729. The van der Waals surface area contributed by atoms with Gasteiger partial charge in [0.25, 0.3) is 0 Å². The van der Waals surface area contributed by atoms with Crippen molar-refractivity contribution in [2.45, 2.75) is 18.9 Å². The van der Waals surface area contributed by atoms with Crippen LogP contribution < -0.4 is 0 Å². The van der Waals surface area contributed by atoms with Gasteiger partial charge < -0.3 is 9.84 Å². The van der Waals surface area contributed by atoms with E-state index >= 15 is 0 Å². The SMILES string of the molecule is COC12SCC(C)=C(C(=O)O)N1C(=O)C2C. The predicted molar refractivity (Wildman–Crippen MR) is 58.5 cm³/mol. The summed E-state index contributed by atoms with van der Waals surface area (Å²) < 4.78 is 5.36. The lowest BCUT2D eigenvalue weighted by Gasteiger charge is -2.56. The molecule has 0 spiro atoms. The van der Waals surface area contributed by atoms with Gasteiger partial charge in [-0.15, -0.1) is 0 Å². The van der Waals surface area contributed by atoms with E-state index in [-0.39, 0.29) is 17.5 Å². The fraction of sp³-hybridized carbons (Fsp3) is 0.600. The van der Waals surface area contributed by atoms with Gasteiger partial charge in [-0.1, -0.05) is 11.8 Å². The van der Waals surface area contributed by atoms with Crippen LogP contribution in [0.2, 0.25) is 0 Å². The van der Waals surface area contributed by atoms with Crippen molar-refractivity contribution in [1.29, 1.82) is 0 Å². The van der Waals surface area contributed by atoms with Crippen molar-refractivity contribution in [2.75, 3.05) is 12.9 Å². The molecule has 6 heteroatoms. The maximum Gasteiger partial charge on any atom is 0.352 e. The van der Waals surface area contributed by atoms with Crippen molar-refractivity contribution in [3.05, 3.63) is 11.3 Å². The van der Waals surface area contributed by atoms with E-state index in [0.29, 0.717) is 11.3 Å². The number of rotatable bonds is 2. The summed E-state index contributed by atoms with van der Waals surface area (Å²) in [6.07, 6.45) is 0. The fourth-order valence-corrected chi connectivity index (χ4v) is 3.50. The molecule has 2 aliphatic rings. The molecule has 0 aromatic rings. The molecule has 1 N–H and O–H groups in total. The summed E-state index contributed by atoms with van der Waals surface area (Å²) >= 11 is 1.46. The quantitative estimate of drug-likeness (QED) is 0.729. The molecular weight excluding hydrogens is 230 g/mol. The molecule has 2 heterocycles. The van der Waals surface area contributed by atoms with Gasteiger partial charge >= 0.3 is 5.97 Å². The monoisotopic (exact) mass is 243 g/mol. The number of carbonyl (C=O) groups is 2. The molecular formula is C10H13NO4S. The first-order valence-electron chi connectivity index (χ1n) is 4.92. The minimum atomic E-state index is -1.07. The third-order valence-electron chi connectivity index (χ3n) is 3.07. The number of amides is 1. The lowest BCUT2D eigenvalue weighted by molar-refractivity contribution is -0.192. The number of hydrogen-bond donors (Lipinski definition) is 1. The molecule has 16 heavy (non-hydrogen) atoms. The molecule has 0 bridgehead atoms. The Morgan fingerprint density at radius 3 is 2.81 bits per heavy atom. The first-order chi connectivity index (χ1) is 7.45. The third kappa shape index (κ3) is 1.17. The van der Waals surface area contributed by atoms with Gasteiger partial charge in [-0.05, 0) is 19.4 Å².